The first-order chi connectivity index (χ1) is 10.5. The molecule has 1 aromatic carbocycles. The predicted octanol–water partition coefficient (Wildman–Crippen LogP) is 2.77. The number of nitrogens with one attached hydrogen (secondary N) is 1. The molecule has 23 heavy (non-hydrogen) atoms. The van der Waals surface area contributed by atoms with Crippen LogP contribution in [-0.4, -0.2) is 47.3 Å². The Balaban J connectivity index is 0.00000264. The molecule has 0 aliphatic carbocycles. The Morgan fingerprint density at radius 1 is 1.39 bits per heavy atom. The van der Waals surface area contributed by atoms with Gasteiger partial charge in [0.05, 0.1) is 18.2 Å². The van der Waals surface area contributed by atoms with Crippen molar-refractivity contribution in [2.24, 2.45) is 5.92 Å². The SMILES string of the molecule is Cl.O=C(CN1CCC(C(=O)O)C1)Nc1ccccc1SC(F)F. The largest absolute Gasteiger partial charge is 0.481 e. The zero-order valence-electron chi connectivity index (χ0n) is 12.1. The summed E-state index contributed by atoms with van der Waals surface area (Å²) in [5.41, 5.74) is 0.340. The van der Waals surface area contributed by atoms with Crippen molar-refractivity contribution in [1.29, 1.82) is 0 Å². The molecular formula is C14H17ClF2N2O3S. The van der Waals surface area contributed by atoms with Crippen LogP contribution in [0.25, 0.3) is 0 Å². The lowest BCUT2D eigenvalue weighted by Crippen LogP contribution is -2.32. The van der Waals surface area contributed by atoms with Gasteiger partial charge in [-0.15, -0.1) is 12.4 Å². The van der Waals surface area contributed by atoms with Gasteiger partial charge >= 0.3 is 5.97 Å². The number of amides is 1. The van der Waals surface area contributed by atoms with Crippen LogP contribution < -0.4 is 5.32 Å². The van der Waals surface area contributed by atoms with E-state index in [4.69, 9.17) is 5.11 Å². The Morgan fingerprint density at radius 2 is 2.09 bits per heavy atom. The number of carbonyl (C=O) groups excluding carboxylic acids is 1. The van der Waals surface area contributed by atoms with E-state index in [0.29, 0.717) is 41.9 Å². The van der Waals surface area contributed by atoms with Crippen LogP contribution in [0.4, 0.5) is 14.5 Å². The molecule has 1 atom stereocenters. The van der Waals surface area contributed by atoms with Gasteiger partial charge in [0.1, 0.15) is 0 Å². The van der Waals surface area contributed by atoms with Gasteiger partial charge in [0, 0.05) is 11.4 Å². The van der Waals surface area contributed by atoms with Crippen molar-refractivity contribution in [1.82, 2.24) is 4.90 Å². The van der Waals surface area contributed by atoms with Gasteiger partial charge in [0.15, 0.2) is 0 Å². The van der Waals surface area contributed by atoms with E-state index < -0.39 is 17.6 Å². The van der Waals surface area contributed by atoms with Crippen LogP contribution in [0.5, 0.6) is 0 Å². The smallest absolute Gasteiger partial charge is 0.307 e. The second kappa shape index (κ2) is 9.05. The van der Waals surface area contributed by atoms with Gasteiger partial charge in [0.2, 0.25) is 5.91 Å². The lowest BCUT2D eigenvalue weighted by Gasteiger charge is -2.16. The van der Waals surface area contributed by atoms with Gasteiger partial charge in [-0.1, -0.05) is 23.9 Å². The summed E-state index contributed by atoms with van der Waals surface area (Å²) in [5, 5.41) is 11.5. The maximum absolute atomic E-state index is 12.5. The Labute approximate surface area is 142 Å². The number of alkyl halides is 2. The Bertz CT molecular complexity index is 563. The van der Waals surface area contributed by atoms with Gasteiger partial charge in [0.25, 0.3) is 5.76 Å². The zero-order chi connectivity index (χ0) is 16.1. The third-order valence-corrected chi connectivity index (χ3v) is 4.15. The molecule has 0 saturated carbocycles. The summed E-state index contributed by atoms with van der Waals surface area (Å²) < 4.78 is 24.9. The first-order valence-corrected chi connectivity index (χ1v) is 7.62. The number of hydrogen-bond acceptors (Lipinski definition) is 4. The van der Waals surface area contributed by atoms with Gasteiger partial charge in [-0.25, -0.2) is 0 Å². The number of carboxylic acids is 1. The molecule has 5 nitrogen and oxygen atoms in total. The standard InChI is InChI=1S/C14H16F2N2O3S.ClH/c15-14(16)22-11-4-2-1-3-10(11)17-12(19)8-18-6-5-9(7-18)13(20)21;/h1-4,9,14H,5-8H2,(H,17,19)(H,20,21);1H. The number of halogens is 3. The Hall–Kier alpha value is -1.38. The molecular weight excluding hydrogens is 350 g/mol. The van der Waals surface area contributed by atoms with Crippen LogP contribution in [-0.2, 0) is 9.59 Å². The van der Waals surface area contributed by atoms with E-state index in [1.54, 1.807) is 23.1 Å². The lowest BCUT2D eigenvalue weighted by molar-refractivity contribution is -0.141. The maximum atomic E-state index is 12.5. The number of hydrogen-bond donors (Lipinski definition) is 2. The number of para-hydroxylation sites is 1. The summed E-state index contributed by atoms with van der Waals surface area (Å²) in [6, 6.07) is 6.36. The number of rotatable bonds is 6. The summed E-state index contributed by atoms with van der Waals surface area (Å²) in [5.74, 6) is -4.21. The van der Waals surface area contributed by atoms with Gasteiger partial charge in [-0.2, -0.15) is 8.78 Å². The molecule has 0 aromatic heterocycles. The molecule has 0 radical (unpaired) electrons. The van der Waals surface area contributed by atoms with Crippen molar-refractivity contribution in [2.45, 2.75) is 17.1 Å². The van der Waals surface area contributed by atoms with Crippen molar-refractivity contribution in [3.63, 3.8) is 0 Å². The number of nitrogens with zero attached hydrogens (tertiary/aromatic N) is 1. The fraction of sp³-hybridized carbons (Fsp3) is 0.429. The number of carboxylic acid groups (broad SMARTS) is 1. The first-order valence-electron chi connectivity index (χ1n) is 6.74. The predicted molar refractivity (Wildman–Crippen MR) is 86.4 cm³/mol. The number of likely N-dealkylation sites (tertiary alicyclic amines) is 1. The van der Waals surface area contributed by atoms with E-state index in [1.807, 2.05) is 0 Å². The van der Waals surface area contributed by atoms with Crippen LogP contribution in [0.1, 0.15) is 6.42 Å². The Morgan fingerprint density at radius 3 is 2.70 bits per heavy atom. The molecule has 1 aliphatic heterocycles. The molecule has 9 heteroatoms. The van der Waals surface area contributed by atoms with Crippen molar-refractivity contribution < 1.29 is 23.5 Å². The molecule has 1 aliphatic rings. The van der Waals surface area contributed by atoms with Crippen molar-refractivity contribution >= 4 is 41.7 Å². The number of benzene rings is 1. The van der Waals surface area contributed by atoms with Crippen molar-refractivity contribution in [3.8, 4) is 0 Å². The van der Waals surface area contributed by atoms with Crippen LogP contribution in [0.3, 0.4) is 0 Å². The van der Waals surface area contributed by atoms with Crippen molar-refractivity contribution in [3.05, 3.63) is 24.3 Å². The highest BCUT2D eigenvalue weighted by Crippen LogP contribution is 2.31. The van der Waals surface area contributed by atoms with E-state index in [-0.39, 0.29) is 24.9 Å². The van der Waals surface area contributed by atoms with E-state index >= 15 is 0 Å². The summed E-state index contributed by atoms with van der Waals surface area (Å²) in [6.45, 7) is 0.922. The quantitative estimate of drug-likeness (QED) is 0.758. The highest BCUT2D eigenvalue weighted by molar-refractivity contribution is 7.99. The van der Waals surface area contributed by atoms with Gasteiger partial charge in [-0.3, -0.25) is 14.5 Å². The molecule has 0 bridgehead atoms. The van der Waals surface area contributed by atoms with E-state index in [2.05, 4.69) is 5.32 Å². The van der Waals surface area contributed by atoms with E-state index in [0.717, 1.165) is 0 Å². The Kier molecular flexibility index (Phi) is 7.74. The summed E-state index contributed by atoms with van der Waals surface area (Å²) in [4.78, 5) is 24.9. The third-order valence-electron chi connectivity index (χ3n) is 3.37. The maximum Gasteiger partial charge on any atom is 0.307 e. The molecule has 1 heterocycles. The molecule has 128 valence electrons. The number of anilines is 1. The van der Waals surface area contributed by atoms with Gasteiger partial charge < -0.3 is 10.4 Å². The van der Waals surface area contributed by atoms with E-state index in [9.17, 15) is 18.4 Å². The zero-order valence-corrected chi connectivity index (χ0v) is 13.7. The minimum Gasteiger partial charge on any atom is -0.481 e. The number of aliphatic carboxylic acids is 1. The fourth-order valence-electron chi connectivity index (χ4n) is 2.34. The second-order valence-electron chi connectivity index (χ2n) is 4.98. The van der Waals surface area contributed by atoms with Crippen LogP contribution in [0.2, 0.25) is 0 Å². The molecule has 1 aromatic rings. The highest BCUT2D eigenvalue weighted by Gasteiger charge is 2.29. The molecule has 2 rings (SSSR count). The normalized spacial score (nSPS) is 17.8. The summed E-state index contributed by atoms with van der Waals surface area (Å²) in [7, 11) is 0. The number of carbonyl (C=O) groups is 2. The molecule has 0 spiro atoms. The second-order valence-corrected chi connectivity index (χ2v) is 6.01. The average Bonchev–Trinajstić information content (AvgIpc) is 2.89. The topological polar surface area (TPSA) is 69.6 Å². The summed E-state index contributed by atoms with van der Waals surface area (Å²) >= 11 is 0.375. The molecule has 2 N–H and O–H groups in total. The van der Waals surface area contributed by atoms with Crippen LogP contribution in [0.15, 0.2) is 29.2 Å². The first kappa shape index (κ1) is 19.7. The molecule has 1 fully saturated rings. The average molecular weight is 367 g/mol. The minimum atomic E-state index is -2.56. The van der Waals surface area contributed by atoms with E-state index in [1.165, 1.54) is 6.07 Å². The highest BCUT2D eigenvalue weighted by atomic mass is 35.5. The molecule has 1 saturated heterocycles. The van der Waals surface area contributed by atoms with Crippen LogP contribution >= 0.6 is 24.2 Å². The lowest BCUT2D eigenvalue weighted by atomic mass is 10.1. The minimum absolute atomic E-state index is 0. The third kappa shape index (κ3) is 5.96. The van der Waals surface area contributed by atoms with Crippen LogP contribution in [0, 0.1) is 5.92 Å². The summed E-state index contributed by atoms with van der Waals surface area (Å²) in [6.07, 6.45) is 0.514. The fourth-order valence-corrected chi connectivity index (χ4v) is 2.93. The molecule has 1 unspecified atom stereocenters. The monoisotopic (exact) mass is 366 g/mol. The van der Waals surface area contributed by atoms with Crippen molar-refractivity contribution in [2.75, 3.05) is 25.0 Å². The number of thioether (sulfide) groups is 1. The molecule has 1 amide bonds. The van der Waals surface area contributed by atoms with Gasteiger partial charge in [-0.05, 0) is 25.1 Å².